The van der Waals surface area contributed by atoms with Crippen LogP contribution in [0.3, 0.4) is 0 Å². The van der Waals surface area contributed by atoms with Crippen molar-refractivity contribution >= 4 is 11.6 Å². The Hall–Kier alpha value is -3.29. The number of alkyl halides is 3. The molecule has 0 aliphatic carbocycles. The Labute approximate surface area is 172 Å². The SMILES string of the molecule is O=C(c1ccc(Cn2cccn2)cc1)N1CCN(c2cccc(C(F)(F)F)c2)CC1. The molecular formula is C22H21F3N4O. The number of amides is 1. The fraction of sp³-hybridized carbons (Fsp3) is 0.273. The van der Waals surface area contributed by atoms with Crippen LogP contribution in [0, 0.1) is 0 Å². The van der Waals surface area contributed by atoms with E-state index >= 15 is 0 Å². The third kappa shape index (κ3) is 4.48. The minimum atomic E-state index is -4.36. The van der Waals surface area contributed by atoms with Gasteiger partial charge < -0.3 is 9.80 Å². The second-order valence-corrected chi connectivity index (χ2v) is 7.23. The number of hydrogen-bond donors (Lipinski definition) is 0. The molecule has 1 aliphatic heterocycles. The van der Waals surface area contributed by atoms with Gasteiger partial charge in [0.2, 0.25) is 0 Å². The number of benzene rings is 2. The first-order valence-electron chi connectivity index (χ1n) is 9.68. The molecule has 8 heteroatoms. The smallest absolute Gasteiger partial charge is 0.368 e. The van der Waals surface area contributed by atoms with Crippen LogP contribution in [0.1, 0.15) is 21.5 Å². The van der Waals surface area contributed by atoms with Crippen LogP contribution in [-0.2, 0) is 12.7 Å². The van der Waals surface area contributed by atoms with Gasteiger partial charge in [-0.2, -0.15) is 18.3 Å². The summed E-state index contributed by atoms with van der Waals surface area (Å²) < 4.78 is 40.7. The quantitative estimate of drug-likeness (QED) is 0.650. The second kappa shape index (κ2) is 8.22. The zero-order valence-corrected chi connectivity index (χ0v) is 16.2. The molecule has 156 valence electrons. The number of hydrogen-bond acceptors (Lipinski definition) is 3. The highest BCUT2D eigenvalue weighted by atomic mass is 19.4. The number of carbonyl (C=O) groups is 1. The Morgan fingerprint density at radius 3 is 2.33 bits per heavy atom. The highest BCUT2D eigenvalue weighted by Gasteiger charge is 2.31. The van der Waals surface area contributed by atoms with Crippen LogP contribution in [0.25, 0.3) is 0 Å². The lowest BCUT2D eigenvalue weighted by Gasteiger charge is -2.36. The number of piperazine rings is 1. The molecule has 3 aromatic rings. The number of halogens is 3. The fourth-order valence-corrected chi connectivity index (χ4v) is 3.56. The van der Waals surface area contributed by atoms with E-state index in [0.29, 0.717) is 44.0 Å². The summed E-state index contributed by atoms with van der Waals surface area (Å²) in [4.78, 5) is 16.4. The first-order valence-corrected chi connectivity index (χ1v) is 9.68. The van der Waals surface area contributed by atoms with Crippen LogP contribution in [-0.4, -0.2) is 46.8 Å². The maximum absolute atomic E-state index is 12.9. The minimum Gasteiger partial charge on any atom is -0.368 e. The molecule has 1 aromatic heterocycles. The van der Waals surface area contributed by atoms with Crippen molar-refractivity contribution in [3.63, 3.8) is 0 Å². The maximum atomic E-state index is 12.9. The molecule has 0 bridgehead atoms. The molecule has 0 spiro atoms. The van der Waals surface area contributed by atoms with Crippen molar-refractivity contribution in [3.8, 4) is 0 Å². The van der Waals surface area contributed by atoms with Gasteiger partial charge in [-0.3, -0.25) is 9.48 Å². The highest BCUT2D eigenvalue weighted by molar-refractivity contribution is 5.94. The number of carbonyl (C=O) groups excluding carboxylic acids is 1. The molecule has 0 N–H and O–H groups in total. The Kier molecular flexibility index (Phi) is 5.48. The van der Waals surface area contributed by atoms with E-state index in [2.05, 4.69) is 5.10 Å². The molecule has 1 amide bonds. The van der Waals surface area contributed by atoms with Gasteiger partial charge in [0.1, 0.15) is 0 Å². The monoisotopic (exact) mass is 414 g/mol. The summed E-state index contributed by atoms with van der Waals surface area (Å²) >= 11 is 0. The first kappa shape index (κ1) is 20.0. The summed E-state index contributed by atoms with van der Waals surface area (Å²) in [6.45, 7) is 2.54. The summed E-state index contributed by atoms with van der Waals surface area (Å²) in [7, 11) is 0. The summed E-state index contributed by atoms with van der Waals surface area (Å²) in [5.41, 5.74) is 1.52. The maximum Gasteiger partial charge on any atom is 0.416 e. The second-order valence-electron chi connectivity index (χ2n) is 7.23. The summed E-state index contributed by atoms with van der Waals surface area (Å²) in [5.74, 6) is -0.0654. The largest absolute Gasteiger partial charge is 0.416 e. The predicted octanol–water partition coefficient (Wildman–Crippen LogP) is 3.91. The zero-order chi connectivity index (χ0) is 21.1. The molecule has 0 atom stereocenters. The molecule has 0 unspecified atom stereocenters. The predicted molar refractivity (Wildman–Crippen MR) is 107 cm³/mol. The van der Waals surface area contributed by atoms with E-state index in [-0.39, 0.29) is 5.91 Å². The van der Waals surface area contributed by atoms with Crippen LogP contribution in [0.2, 0.25) is 0 Å². The van der Waals surface area contributed by atoms with E-state index < -0.39 is 11.7 Å². The van der Waals surface area contributed by atoms with Crippen molar-refractivity contribution in [1.29, 1.82) is 0 Å². The van der Waals surface area contributed by atoms with Gasteiger partial charge in [0, 0.05) is 49.8 Å². The Bertz CT molecular complexity index is 992. The van der Waals surface area contributed by atoms with Gasteiger partial charge in [0.25, 0.3) is 5.91 Å². The third-order valence-corrected chi connectivity index (χ3v) is 5.21. The van der Waals surface area contributed by atoms with Crippen LogP contribution >= 0.6 is 0 Å². The molecule has 4 rings (SSSR count). The number of nitrogens with zero attached hydrogens (tertiary/aromatic N) is 4. The normalized spacial score (nSPS) is 14.8. The lowest BCUT2D eigenvalue weighted by molar-refractivity contribution is -0.137. The number of anilines is 1. The van der Waals surface area contributed by atoms with Crippen molar-refractivity contribution < 1.29 is 18.0 Å². The van der Waals surface area contributed by atoms with Crippen LogP contribution < -0.4 is 4.90 Å². The topological polar surface area (TPSA) is 41.4 Å². The van der Waals surface area contributed by atoms with E-state index in [1.54, 1.807) is 29.3 Å². The Morgan fingerprint density at radius 2 is 1.70 bits per heavy atom. The van der Waals surface area contributed by atoms with E-state index in [9.17, 15) is 18.0 Å². The third-order valence-electron chi connectivity index (χ3n) is 5.21. The van der Waals surface area contributed by atoms with Crippen LogP contribution in [0.5, 0.6) is 0 Å². The van der Waals surface area contributed by atoms with Crippen molar-refractivity contribution in [2.45, 2.75) is 12.7 Å². The number of rotatable bonds is 4. The van der Waals surface area contributed by atoms with E-state index in [1.807, 2.05) is 34.0 Å². The lowest BCUT2D eigenvalue weighted by atomic mass is 10.1. The summed E-state index contributed by atoms with van der Waals surface area (Å²) in [5, 5.41) is 4.17. The molecular weight excluding hydrogens is 393 g/mol. The number of aromatic nitrogens is 2. The van der Waals surface area contributed by atoms with Gasteiger partial charge in [-0.15, -0.1) is 0 Å². The molecule has 0 radical (unpaired) electrons. The van der Waals surface area contributed by atoms with Crippen molar-refractivity contribution in [3.05, 3.63) is 83.7 Å². The van der Waals surface area contributed by atoms with Gasteiger partial charge >= 0.3 is 6.18 Å². The van der Waals surface area contributed by atoms with Gasteiger partial charge in [-0.25, -0.2) is 0 Å². The minimum absolute atomic E-state index is 0.0654. The zero-order valence-electron chi connectivity index (χ0n) is 16.2. The van der Waals surface area contributed by atoms with E-state index in [1.165, 1.54) is 6.07 Å². The average molecular weight is 414 g/mol. The first-order chi connectivity index (χ1) is 14.4. The molecule has 1 fully saturated rings. The molecule has 5 nitrogen and oxygen atoms in total. The van der Waals surface area contributed by atoms with Gasteiger partial charge in [-0.1, -0.05) is 18.2 Å². The average Bonchev–Trinajstić information content (AvgIpc) is 3.26. The molecule has 1 aliphatic rings. The standard InChI is InChI=1S/C22H21F3N4O/c23-22(24,25)19-3-1-4-20(15-19)27-11-13-28(14-12-27)21(30)18-7-5-17(6-8-18)16-29-10-2-9-26-29/h1-10,15H,11-14,16H2. The molecule has 2 aromatic carbocycles. The molecule has 0 saturated carbocycles. The van der Waals surface area contributed by atoms with Crippen molar-refractivity contribution in [1.82, 2.24) is 14.7 Å². The van der Waals surface area contributed by atoms with Crippen molar-refractivity contribution in [2.24, 2.45) is 0 Å². The Balaban J connectivity index is 1.36. The van der Waals surface area contributed by atoms with Gasteiger partial charge in [-0.05, 0) is 42.0 Å². The van der Waals surface area contributed by atoms with Gasteiger partial charge in [0.05, 0.1) is 12.1 Å². The van der Waals surface area contributed by atoms with E-state index in [0.717, 1.165) is 17.7 Å². The lowest BCUT2D eigenvalue weighted by Crippen LogP contribution is -2.48. The molecule has 1 saturated heterocycles. The fourth-order valence-electron chi connectivity index (χ4n) is 3.56. The van der Waals surface area contributed by atoms with Gasteiger partial charge in [0.15, 0.2) is 0 Å². The summed E-state index contributed by atoms with van der Waals surface area (Å²) in [6.07, 6.45) is -0.767. The highest BCUT2D eigenvalue weighted by Crippen LogP contribution is 2.32. The van der Waals surface area contributed by atoms with Crippen LogP contribution in [0.4, 0.5) is 18.9 Å². The van der Waals surface area contributed by atoms with E-state index in [4.69, 9.17) is 0 Å². The van der Waals surface area contributed by atoms with Crippen LogP contribution in [0.15, 0.2) is 67.0 Å². The Morgan fingerprint density at radius 1 is 0.967 bits per heavy atom. The molecule has 30 heavy (non-hydrogen) atoms. The molecule has 2 heterocycles. The summed E-state index contributed by atoms with van der Waals surface area (Å²) in [6, 6.07) is 14.6. The van der Waals surface area contributed by atoms with Crippen molar-refractivity contribution in [2.75, 3.05) is 31.1 Å².